The average molecular weight is 481 g/mol. The number of carbonyl (C=O) groups is 1. The van der Waals surface area contributed by atoms with Gasteiger partial charge in [0.25, 0.3) is 5.56 Å². The molecule has 0 amide bonds. The van der Waals surface area contributed by atoms with Gasteiger partial charge in [-0.3, -0.25) is 9.36 Å². The lowest BCUT2D eigenvalue weighted by Gasteiger charge is -2.25. The van der Waals surface area contributed by atoms with Crippen LogP contribution in [-0.2, 0) is 9.53 Å². The zero-order chi connectivity index (χ0) is 24.4. The molecule has 0 N–H and O–H groups in total. The Kier molecular flexibility index (Phi) is 6.56. The first-order chi connectivity index (χ1) is 16.4. The molecule has 0 saturated carbocycles. The minimum absolute atomic E-state index is 0.275. The molecule has 1 aromatic heterocycles. The summed E-state index contributed by atoms with van der Waals surface area (Å²) in [5.74, 6) is 1.11. The molecule has 176 valence electrons. The maximum atomic E-state index is 13.7. The summed E-state index contributed by atoms with van der Waals surface area (Å²) in [7, 11) is 5.96. The van der Waals surface area contributed by atoms with Gasteiger partial charge in [-0.15, -0.1) is 0 Å². The van der Waals surface area contributed by atoms with Crippen LogP contribution in [0.5, 0.6) is 17.2 Å². The van der Waals surface area contributed by atoms with Crippen LogP contribution in [0.15, 0.2) is 63.5 Å². The summed E-state index contributed by atoms with van der Waals surface area (Å²) < 4.78 is 23.3. The normalized spacial score (nSPS) is 15.4. The van der Waals surface area contributed by atoms with Crippen molar-refractivity contribution in [2.45, 2.75) is 13.0 Å². The number of nitrogens with zero attached hydrogens (tertiary/aromatic N) is 2. The number of allylic oxidation sites excluding steroid dienone is 1. The van der Waals surface area contributed by atoms with Crippen molar-refractivity contribution >= 4 is 23.4 Å². The summed E-state index contributed by atoms with van der Waals surface area (Å²) in [5, 5.41) is 0. The van der Waals surface area contributed by atoms with Crippen LogP contribution in [0.4, 0.5) is 0 Å². The monoisotopic (exact) mass is 480 g/mol. The molecule has 2 aromatic carbocycles. The lowest BCUT2D eigenvalue weighted by atomic mass is 9.95. The van der Waals surface area contributed by atoms with Crippen LogP contribution >= 0.6 is 11.3 Å². The summed E-state index contributed by atoms with van der Waals surface area (Å²) in [5.41, 5.74) is 1.92. The summed E-state index contributed by atoms with van der Waals surface area (Å²) in [6, 6.07) is 12.0. The molecule has 0 bridgehead atoms. The molecule has 9 heteroatoms. The number of ether oxygens (including phenoxy) is 4. The van der Waals surface area contributed by atoms with Gasteiger partial charge in [0.2, 0.25) is 0 Å². The minimum atomic E-state index is -0.747. The Morgan fingerprint density at radius 2 is 1.71 bits per heavy atom. The summed E-state index contributed by atoms with van der Waals surface area (Å²) in [6.45, 7) is 1.73. The van der Waals surface area contributed by atoms with Crippen LogP contribution in [0, 0.1) is 0 Å². The van der Waals surface area contributed by atoms with Gasteiger partial charge < -0.3 is 18.9 Å². The van der Waals surface area contributed by atoms with Crippen LogP contribution in [0.25, 0.3) is 6.08 Å². The second-order valence-electron chi connectivity index (χ2n) is 7.43. The summed E-state index contributed by atoms with van der Waals surface area (Å²) in [6.07, 6.45) is 1.77. The van der Waals surface area contributed by atoms with Gasteiger partial charge in [0.15, 0.2) is 16.3 Å². The fourth-order valence-electron chi connectivity index (χ4n) is 3.96. The molecule has 4 rings (SSSR count). The molecule has 0 radical (unpaired) electrons. The zero-order valence-corrected chi connectivity index (χ0v) is 20.3. The second-order valence-corrected chi connectivity index (χ2v) is 8.44. The highest BCUT2D eigenvalue weighted by molar-refractivity contribution is 7.07. The van der Waals surface area contributed by atoms with E-state index in [2.05, 4.69) is 4.99 Å². The smallest absolute Gasteiger partial charge is 0.338 e. The first kappa shape index (κ1) is 23.3. The standard InChI is InChI=1S/C25H24N2O6S/c1-14-21(24(29)33-5)22(16-10-11-18(31-3)19(12-16)32-4)27-23(28)20(34-25(27)26-14)13-15-8-6-7-9-17(15)30-2/h6-13,22H,1-5H3/b20-13+. The van der Waals surface area contributed by atoms with Gasteiger partial charge in [-0.05, 0) is 36.8 Å². The number of para-hydroxylation sites is 1. The van der Waals surface area contributed by atoms with E-state index in [1.54, 1.807) is 45.4 Å². The van der Waals surface area contributed by atoms with Gasteiger partial charge >= 0.3 is 5.97 Å². The molecule has 8 nitrogen and oxygen atoms in total. The van der Waals surface area contributed by atoms with Crippen LogP contribution in [0.1, 0.15) is 24.1 Å². The highest BCUT2D eigenvalue weighted by atomic mass is 32.1. The maximum absolute atomic E-state index is 13.7. The van der Waals surface area contributed by atoms with E-state index >= 15 is 0 Å². The number of carbonyl (C=O) groups excluding carboxylic acids is 1. The van der Waals surface area contributed by atoms with Crippen LogP contribution < -0.4 is 29.1 Å². The molecule has 1 atom stereocenters. The number of thiazole rings is 1. The van der Waals surface area contributed by atoms with E-state index in [1.807, 2.05) is 24.3 Å². The SMILES string of the molecule is COC(=O)C1=C(C)N=c2s/c(=C/c3ccccc3OC)c(=O)n2C1c1ccc(OC)c(OC)c1. The molecule has 1 unspecified atom stereocenters. The van der Waals surface area contributed by atoms with E-state index in [9.17, 15) is 9.59 Å². The third kappa shape index (κ3) is 3.99. The van der Waals surface area contributed by atoms with Crippen molar-refractivity contribution in [1.29, 1.82) is 0 Å². The molecule has 1 aliphatic heterocycles. The Bertz CT molecular complexity index is 1470. The number of rotatable bonds is 6. The molecule has 3 aromatic rings. The van der Waals surface area contributed by atoms with E-state index in [4.69, 9.17) is 18.9 Å². The van der Waals surface area contributed by atoms with Crippen LogP contribution in [0.2, 0.25) is 0 Å². The summed E-state index contributed by atoms with van der Waals surface area (Å²) in [4.78, 5) is 31.5. The highest BCUT2D eigenvalue weighted by Crippen LogP contribution is 2.36. The quantitative estimate of drug-likeness (QED) is 0.504. The van der Waals surface area contributed by atoms with Crippen molar-refractivity contribution in [3.8, 4) is 17.2 Å². The number of hydrogen-bond acceptors (Lipinski definition) is 8. The topological polar surface area (TPSA) is 88.4 Å². The Balaban J connectivity index is 1.99. The van der Waals surface area contributed by atoms with Gasteiger partial charge in [-0.25, -0.2) is 9.79 Å². The van der Waals surface area contributed by atoms with Crippen molar-refractivity contribution < 1.29 is 23.7 Å². The van der Waals surface area contributed by atoms with Crippen molar-refractivity contribution in [1.82, 2.24) is 4.57 Å². The van der Waals surface area contributed by atoms with Gasteiger partial charge in [0.1, 0.15) is 5.75 Å². The third-order valence-electron chi connectivity index (χ3n) is 5.58. The predicted octanol–water partition coefficient (Wildman–Crippen LogP) is 2.43. The number of esters is 1. The van der Waals surface area contributed by atoms with E-state index in [0.29, 0.717) is 37.8 Å². The molecule has 1 aliphatic rings. The lowest BCUT2D eigenvalue weighted by molar-refractivity contribution is -0.136. The molecule has 0 fully saturated rings. The van der Waals surface area contributed by atoms with Crippen molar-refractivity contribution in [3.63, 3.8) is 0 Å². The van der Waals surface area contributed by atoms with Gasteiger partial charge in [-0.2, -0.15) is 0 Å². The number of benzene rings is 2. The second kappa shape index (κ2) is 9.56. The van der Waals surface area contributed by atoms with Crippen LogP contribution in [0.3, 0.4) is 0 Å². The van der Waals surface area contributed by atoms with Crippen molar-refractivity contribution in [3.05, 3.63) is 84.5 Å². The highest BCUT2D eigenvalue weighted by Gasteiger charge is 2.33. The Morgan fingerprint density at radius 3 is 2.38 bits per heavy atom. The number of fused-ring (bicyclic) bond motifs is 1. The lowest BCUT2D eigenvalue weighted by Crippen LogP contribution is -2.39. The van der Waals surface area contributed by atoms with E-state index in [0.717, 1.165) is 5.56 Å². The van der Waals surface area contributed by atoms with E-state index < -0.39 is 12.0 Å². The number of methoxy groups -OCH3 is 4. The average Bonchev–Trinajstić information content (AvgIpc) is 3.16. The number of hydrogen-bond donors (Lipinski definition) is 0. The largest absolute Gasteiger partial charge is 0.496 e. The Hall–Kier alpha value is -3.85. The molecular weight excluding hydrogens is 456 g/mol. The molecule has 0 saturated heterocycles. The molecule has 34 heavy (non-hydrogen) atoms. The van der Waals surface area contributed by atoms with Gasteiger partial charge in [0.05, 0.1) is 50.3 Å². The minimum Gasteiger partial charge on any atom is -0.496 e. The Labute approximate surface area is 200 Å². The van der Waals surface area contributed by atoms with Crippen molar-refractivity contribution in [2.24, 2.45) is 4.99 Å². The molecule has 0 aliphatic carbocycles. The molecule has 2 heterocycles. The van der Waals surface area contributed by atoms with E-state index in [1.165, 1.54) is 30.1 Å². The van der Waals surface area contributed by atoms with Gasteiger partial charge in [-0.1, -0.05) is 35.6 Å². The maximum Gasteiger partial charge on any atom is 0.338 e. The van der Waals surface area contributed by atoms with Gasteiger partial charge in [0, 0.05) is 5.56 Å². The number of aromatic nitrogens is 1. The fraction of sp³-hybridized carbons (Fsp3) is 0.240. The zero-order valence-electron chi connectivity index (χ0n) is 19.4. The van der Waals surface area contributed by atoms with Crippen LogP contribution in [-0.4, -0.2) is 39.0 Å². The van der Waals surface area contributed by atoms with E-state index in [-0.39, 0.29) is 11.1 Å². The Morgan fingerprint density at radius 1 is 1.00 bits per heavy atom. The third-order valence-corrected chi connectivity index (χ3v) is 6.56. The molecule has 0 spiro atoms. The first-order valence-electron chi connectivity index (χ1n) is 10.4. The summed E-state index contributed by atoms with van der Waals surface area (Å²) >= 11 is 1.25. The fourth-order valence-corrected chi connectivity index (χ4v) is 5.00. The van der Waals surface area contributed by atoms with Crippen molar-refractivity contribution in [2.75, 3.05) is 28.4 Å². The first-order valence-corrected chi connectivity index (χ1v) is 11.2. The molecular formula is C25H24N2O6S. The predicted molar refractivity (Wildman–Crippen MR) is 128 cm³/mol.